The number of aromatic hydroxyl groups is 1. The number of phenolic OH excluding ortho intramolecular Hbond substituents is 1. The Balaban J connectivity index is 1.88. The van der Waals surface area contributed by atoms with Gasteiger partial charge in [0.2, 0.25) is 5.75 Å². The summed E-state index contributed by atoms with van der Waals surface area (Å²) < 4.78 is 12.4. The fourth-order valence-corrected chi connectivity index (χ4v) is 3.17. The Morgan fingerprint density at radius 2 is 1.50 bits per heavy atom. The lowest BCUT2D eigenvalue weighted by Gasteiger charge is -2.28. The summed E-state index contributed by atoms with van der Waals surface area (Å²) >= 11 is 0. The number of Topliss-reactive ketones (excluding diaryl/α,β-unsaturated/α-hetero) is 1. The molecule has 0 bridgehead atoms. The maximum absolute atomic E-state index is 12.1. The molecule has 0 aliphatic carbocycles. The molecule has 1 aliphatic rings. The molecule has 130 valence electrons. The Kier molecular flexibility index (Phi) is 3.88. The highest BCUT2D eigenvalue weighted by Crippen LogP contribution is 2.52. The van der Waals surface area contributed by atoms with Gasteiger partial charge in [0.25, 0.3) is 0 Å². The van der Waals surface area contributed by atoms with E-state index in [0.717, 1.165) is 11.1 Å². The van der Waals surface area contributed by atoms with E-state index in [0.29, 0.717) is 17.7 Å². The van der Waals surface area contributed by atoms with Crippen LogP contribution in [0.15, 0.2) is 72.8 Å². The van der Waals surface area contributed by atoms with Crippen LogP contribution in [-0.4, -0.2) is 10.9 Å². The minimum atomic E-state index is -1.21. The van der Waals surface area contributed by atoms with Crippen LogP contribution in [0, 0.1) is 0 Å². The van der Waals surface area contributed by atoms with Gasteiger partial charge in [-0.15, -0.1) is 0 Å². The molecule has 0 radical (unpaired) electrons. The Morgan fingerprint density at radius 1 is 0.923 bits per heavy atom. The van der Waals surface area contributed by atoms with Crippen molar-refractivity contribution in [3.63, 3.8) is 0 Å². The SMILES string of the molecule is CCC(=O)c1cc(O)c2c(c1)OC(c1ccccc1)(c1ccccc1)O2. The molecule has 0 amide bonds. The van der Waals surface area contributed by atoms with Crippen molar-refractivity contribution in [2.24, 2.45) is 0 Å². The Hall–Kier alpha value is -3.27. The van der Waals surface area contributed by atoms with E-state index in [1.54, 1.807) is 13.0 Å². The smallest absolute Gasteiger partial charge is 0.305 e. The van der Waals surface area contributed by atoms with Gasteiger partial charge in [0.15, 0.2) is 17.3 Å². The summed E-state index contributed by atoms with van der Waals surface area (Å²) in [5.74, 6) is -0.785. The van der Waals surface area contributed by atoms with Gasteiger partial charge in [-0.25, -0.2) is 0 Å². The quantitative estimate of drug-likeness (QED) is 0.698. The zero-order valence-corrected chi connectivity index (χ0v) is 14.3. The lowest BCUT2D eigenvalue weighted by molar-refractivity contribution is -0.0467. The molecule has 1 aliphatic heterocycles. The van der Waals surface area contributed by atoms with Gasteiger partial charge in [0, 0.05) is 23.1 Å². The molecule has 0 saturated heterocycles. The summed E-state index contributed by atoms with van der Waals surface area (Å²) in [5.41, 5.74) is 2.00. The molecule has 4 rings (SSSR count). The molecule has 3 aromatic carbocycles. The number of phenols is 1. The number of rotatable bonds is 4. The summed E-state index contributed by atoms with van der Waals surface area (Å²) in [6, 6.07) is 22.2. The van der Waals surface area contributed by atoms with E-state index < -0.39 is 5.79 Å². The zero-order chi connectivity index (χ0) is 18.1. The Bertz CT molecular complexity index is 909. The lowest BCUT2D eigenvalue weighted by Crippen LogP contribution is -2.36. The number of ether oxygens (including phenoxy) is 2. The first-order chi connectivity index (χ1) is 12.6. The molecule has 4 nitrogen and oxygen atoms in total. The van der Waals surface area contributed by atoms with Crippen LogP contribution in [-0.2, 0) is 5.79 Å². The number of fused-ring (bicyclic) bond motifs is 1. The average Bonchev–Trinajstić information content (AvgIpc) is 3.10. The van der Waals surface area contributed by atoms with Crippen molar-refractivity contribution in [2.45, 2.75) is 19.1 Å². The molecule has 0 unspecified atom stereocenters. The number of ketones is 1. The summed E-state index contributed by atoms with van der Waals surface area (Å²) in [7, 11) is 0. The maximum Gasteiger partial charge on any atom is 0.305 e. The maximum atomic E-state index is 12.1. The normalized spacial score (nSPS) is 14.2. The minimum Gasteiger partial charge on any atom is -0.504 e. The van der Waals surface area contributed by atoms with Crippen molar-refractivity contribution in [1.29, 1.82) is 0 Å². The highest BCUT2D eigenvalue weighted by Gasteiger charge is 2.46. The fourth-order valence-electron chi connectivity index (χ4n) is 3.17. The number of hydrogen-bond donors (Lipinski definition) is 1. The van der Waals surface area contributed by atoms with Gasteiger partial charge in [-0.05, 0) is 12.1 Å². The third-order valence-corrected chi connectivity index (χ3v) is 4.49. The first-order valence-corrected chi connectivity index (χ1v) is 8.53. The molecule has 4 heteroatoms. The second kappa shape index (κ2) is 6.23. The van der Waals surface area contributed by atoms with Gasteiger partial charge in [0.1, 0.15) is 0 Å². The van der Waals surface area contributed by atoms with Crippen molar-refractivity contribution in [1.82, 2.24) is 0 Å². The van der Waals surface area contributed by atoms with E-state index in [1.165, 1.54) is 6.07 Å². The average molecular weight is 346 g/mol. The van der Waals surface area contributed by atoms with Crippen molar-refractivity contribution >= 4 is 5.78 Å². The van der Waals surface area contributed by atoms with E-state index >= 15 is 0 Å². The molecule has 3 aromatic rings. The predicted octanol–water partition coefficient (Wildman–Crippen LogP) is 4.66. The van der Waals surface area contributed by atoms with Crippen LogP contribution in [0.4, 0.5) is 0 Å². The monoisotopic (exact) mass is 346 g/mol. The van der Waals surface area contributed by atoms with Crippen molar-refractivity contribution in [3.8, 4) is 17.2 Å². The molecule has 26 heavy (non-hydrogen) atoms. The number of carbonyl (C=O) groups is 1. The van der Waals surface area contributed by atoms with Crippen molar-refractivity contribution < 1.29 is 19.4 Å². The Labute approximate surface area is 151 Å². The van der Waals surface area contributed by atoms with Crippen LogP contribution in [0.1, 0.15) is 34.8 Å². The first-order valence-electron chi connectivity index (χ1n) is 8.53. The highest BCUT2D eigenvalue weighted by atomic mass is 16.7. The van der Waals surface area contributed by atoms with Crippen LogP contribution in [0.3, 0.4) is 0 Å². The number of benzene rings is 3. The van der Waals surface area contributed by atoms with Gasteiger partial charge in [-0.1, -0.05) is 67.6 Å². The molecular formula is C22H18O4. The third-order valence-electron chi connectivity index (χ3n) is 4.49. The minimum absolute atomic E-state index is 0.0661. The lowest BCUT2D eigenvalue weighted by atomic mass is 9.97. The van der Waals surface area contributed by atoms with Crippen LogP contribution in [0.25, 0.3) is 0 Å². The molecule has 0 spiro atoms. The fraction of sp³-hybridized carbons (Fsp3) is 0.136. The van der Waals surface area contributed by atoms with Crippen molar-refractivity contribution in [2.75, 3.05) is 0 Å². The molecule has 0 aromatic heterocycles. The number of carbonyl (C=O) groups excluding carboxylic acids is 1. The highest BCUT2D eigenvalue weighted by molar-refractivity contribution is 5.97. The summed E-state index contributed by atoms with van der Waals surface area (Å²) in [6.45, 7) is 1.78. The van der Waals surface area contributed by atoms with Crippen LogP contribution in [0.5, 0.6) is 17.2 Å². The van der Waals surface area contributed by atoms with E-state index in [-0.39, 0.29) is 17.3 Å². The molecule has 0 fully saturated rings. The van der Waals surface area contributed by atoms with E-state index in [1.807, 2.05) is 60.7 Å². The molecule has 1 N–H and O–H groups in total. The molecule has 0 saturated carbocycles. The van der Waals surface area contributed by atoms with Gasteiger partial charge in [-0.3, -0.25) is 4.79 Å². The standard InChI is InChI=1S/C22H18O4/c1-2-18(23)15-13-19(24)21-20(14-15)25-22(26-21,16-9-5-3-6-10-16)17-11-7-4-8-12-17/h3-14,24H,2H2,1H3. The summed E-state index contributed by atoms with van der Waals surface area (Å²) in [4.78, 5) is 12.1. The van der Waals surface area contributed by atoms with Crippen LogP contribution < -0.4 is 9.47 Å². The van der Waals surface area contributed by atoms with Gasteiger partial charge < -0.3 is 14.6 Å². The van der Waals surface area contributed by atoms with Crippen LogP contribution >= 0.6 is 0 Å². The Morgan fingerprint density at radius 3 is 2.04 bits per heavy atom. The van der Waals surface area contributed by atoms with E-state index in [9.17, 15) is 9.90 Å². The second-order valence-electron chi connectivity index (χ2n) is 6.15. The molecule has 1 heterocycles. The largest absolute Gasteiger partial charge is 0.504 e. The van der Waals surface area contributed by atoms with E-state index in [4.69, 9.17) is 9.47 Å². The predicted molar refractivity (Wildman–Crippen MR) is 97.6 cm³/mol. The third kappa shape index (κ3) is 2.51. The van der Waals surface area contributed by atoms with Crippen molar-refractivity contribution in [3.05, 3.63) is 89.5 Å². The second-order valence-corrected chi connectivity index (χ2v) is 6.15. The summed E-state index contributed by atoms with van der Waals surface area (Å²) in [5, 5.41) is 10.4. The zero-order valence-electron chi connectivity index (χ0n) is 14.3. The first kappa shape index (κ1) is 16.2. The van der Waals surface area contributed by atoms with Gasteiger partial charge >= 0.3 is 5.79 Å². The topological polar surface area (TPSA) is 55.8 Å². The molecule has 0 atom stereocenters. The molecular weight excluding hydrogens is 328 g/mol. The van der Waals surface area contributed by atoms with Gasteiger partial charge in [0.05, 0.1) is 0 Å². The summed E-state index contributed by atoms with van der Waals surface area (Å²) in [6.07, 6.45) is 0.349. The van der Waals surface area contributed by atoms with E-state index in [2.05, 4.69) is 0 Å². The van der Waals surface area contributed by atoms with Crippen LogP contribution in [0.2, 0.25) is 0 Å². The number of hydrogen-bond acceptors (Lipinski definition) is 4. The van der Waals surface area contributed by atoms with Gasteiger partial charge in [-0.2, -0.15) is 0 Å².